The van der Waals surface area contributed by atoms with Gasteiger partial charge in [0.25, 0.3) is 0 Å². The molecule has 0 aliphatic heterocycles. The summed E-state index contributed by atoms with van der Waals surface area (Å²) in [5, 5.41) is 9.08. The minimum Gasteiger partial charge on any atom is -0.493 e. The van der Waals surface area contributed by atoms with Gasteiger partial charge in [-0.25, -0.2) is 9.18 Å². The lowest BCUT2D eigenvalue weighted by molar-refractivity contribution is -0.131. The summed E-state index contributed by atoms with van der Waals surface area (Å²) in [5.41, 5.74) is 1.68. The van der Waals surface area contributed by atoms with E-state index in [-0.39, 0.29) is 5.82 Å². The second kappa shape index (κ2) is 6.76. The van der Waals surface area contributed by atoms with Crippen molar-refractivity contribution < 1.29 is 23.8 Å². The lowest BCUT2D eigenvalue weighted by Gasteiger charge is -2.12. The van der Waals surface area contributed by atoms with Gasteiger partial charge in [0.05, 0.1) is 14.2 Å². The number of hydrogen-bond acceptors (Lipinski definition) is 3. The predicted molar refractivity (Wildman–Crippen MR) is 80.7 cm³/mol. The summed E-state index contributed by atoms with van der Waals surface area (Å²) in [6.07, 6.45) is 1.08. The average Bonchev–Trinajstić information content (AvgIpc) is 2.52. The van der Waals surface area contributed by atoms with Crippen molar-refractivity contribution in [2.24, 2.45) is 0 Å². The molecular formula is C17H15FO4. The summed E-state index contributed by atoms with van der Waals surface area (Å²) in [4.78, 5) is 11.1. The van der Waals surface area contributed by atoms with Crippen LogP contribution in [0.5, 0.6) is 11.5 Å². The number of carbonyl (C=O) groups is 1. The summed E-state index contributed by atoms with van der Waals surface area (Å²) >= 11 is 0. The zero-order chi connectivity index (χ0) is 16.1. The summed E-state index contributed by atoms with van der Waals surface area (Å²) < 4.78 is 23.5. The van der Waals surface area contributed by atoms with Gasteiger partial charge in [-0.05, 0) is 41.0 Å². The van der Waals surface area contributed by atoms with Crippen LogP contribution in [-0.2, 0) is 4.79 Å². The number of carboxylic acid groups (broad SMARTS) is 1. The van der Waals surface area contributed by atoms with Crippen molar-refractivity contribution in [1.82, 2.24) is 0 Å². The fraction of sp³-hybridized carbons (Fsp3) is 0.118. The molecule has 2 aromatic rings. The monoisotopic (exact) mass is 302 g/mol. The summed E-state index contributed by atoms with van der Waals surface area (Å²) in [5.74, 6) is -0.446. The Balaban J connectivity index is 2.55. The van der Waals surface area contributed by atoms with Gasteiger partial charge in [-0.1, -0.05) is 18.2 Å². The molecule has 0 radical (unpaired) electrons. The second-order valence-corrected chi connectivity index (χ2v) is 4.47. The van der Waals surface area contributed by atoms with E-state index >= 15 is 0 Å². The lowest BCUT2D eigenvalue weighted by atomic mass is 9.97. The van der Waals surface area contributed by atoms with Crippen LogP contribution in [0, 0.1) is 5.82 Å². The molecule has 1 N–H and O–H groups in total. The maximum atomic E-state index is 13.1. The van der Waals surface area contributed by atoms with E-state index in [9.17, 15) is 9.18 Å². The van der Waals surface area contributed by atoms with Gasteiger partial charge in [0.1, 0.15) is 5.82 Å². The maximum Gasteiger partial charge on any atom is 0.328 e. The quantitative estimate of drug-likeness (QED) is 0.860. The van der Waals surface area contributed by atoms with E-state index < -0.39 is 5.97 Å². The maximum absolute atomic E-state index is 13.1. The van der Waals surface area contributed by atoms with Crippen molar-refractivity contribution in [3.05, 3.63) is 65.5 Å². The number of halogens is 1. The third-order valence-corrected chi connectivity index (χ3v) is 3.12. The molecule has 0 bridgehead atoms. The smallest absolute Gasteiger partial charge is 0.328 e. The number of hydrogen-bond donors (Lipinski definition) is 1. The van der Waals surface area contributed by atoms with E-state index in [1.807, 2.05) is 0 Å². The fourth-order valence-electron chi connectivity index (χ4n) is 2.09. The van der Waals surface area contributed by atoms with Crippen molar-refractivity contribution in [3.8, 4) is 11.5 Å². The SMILES string of the molecule is COc1ccc(C(=CC(=O)O)c2ccc(F)cc2)cc1OC. The molecule has 0 saturated heterocycles. The lowest BCUT2D eigenvalue weighted by Crippen LogP contribution is -1.97. The molecule has 0 amide bonds. The van der Waals surface area contributed by atoms with Crippen LogP contribution in [0.2, 0.25) is 0 Å². The van der Waals surface area contributed by atoms with Gasteiger partial charge in [-0.15, -0.1) is 0 Å². The molecule has 2 aromatic carbocycles. The molecule has 0 heterocycles. The van der Waals surface area contributed by atoms with Gasteiger partial charge in [0, 0.05) is 6.08 Å². The van der Waals surface area contributed by atoms with E-state index in [2.05, 4.69) is 0 Å². The normalized spacial score (nSPS) is 11.1. The number of ether oxygens (including phenoxy) is 2. The molecule has 0 saturated carbocycles. The Bertz CT molecular complexity index is 705. The molecule has 0 aliphatic carbocycles. The van der Waals surface area contributed by atoms with Gasteiger partial charge in [-0.3, -0.25) is 0 Å². The summed E-state index contributed by atoms with van der Waals surface area (Å²) in [6.45, 7) is 0. The third kappa shape index (κ3) is 3.44. The number of rotatable bonds is 5. The van der Waals surface area contributed by atoms with Crippen LogP contribution < -0.4 is 9.47 Å². The minimum atomic E-state index is -1.09. The number of carboxylic acids is 1. The Morgan fingerprint density at radius 1 is 1.00 bits per heavy atom. The van der Waals surface area contributed by atoms with Crippen molar-refractivity contribution in [2.75, 3.05) is 14.2 Å². The molecule has 0 unspecified atom stereocenters. The Morgan fingerprint density at radius 2 is 1.59 bits per heavy atom. The average molecular weight is 302 g/mol. The highest BCUT2D eigenvalue weighted by molar-refractivity contribution is 5.95. The summed E-state index contributed by atoms with van der Waals surface area (Å²) in [6, 6.07) is 10.7. The van der Waals surface area contributed by atoms with Crippen LogP contribution in [0.15, 0.2) is 48.5 Å². The first kappa shape index (κ1) is 15.6. The van der Waals surface area contributed by atoms with E-state index in [1.165, 1.54) is 38.5 Å². The highest BCUT2D eigenvalue weighted by Gasteiger charge is 2.11. The van der Waals surface area contributed by atoms with E-state index in [0.29, 0.717) is 28.2 Å². The summed E-state index contributed by atoms with van der Waals surface area (Å²) in [7, 11) is 3.02. The molecule has 0 fully saturated rings. The first-order valence-electron chi connectivity index (χ1n) is 6.48. The van der Waals surface area contributed by atoms with Gasteiger partial charge in [0.2, 0.25) is 0 Å². The molecule has 0 aliphatic rings. The predicted octanol–water partition coefficient (Wildman–Crippen LogP) is 3.36. The van der Waals surface area contributed by atoms with Crippen LogP contribution in [0.25, 0.3) is 5.57 Å². The van der Waals surface area contributed by atoms with Crippen molar-refractivity contribution in [1.29, 1.82) is 0 Å². The van der Waals surface area contributed by atoms with Gasteiger partial charge < -0.3 is 14.6 Å². The van der Waals surface area contributed by atoms with E-state index in [1.54, 1.807) is 18.2 Å². The molecule has 0 aromatic heterocycles. The molecule has 22 heavy (non-hydrogen) atoms. The molecule has 5 heteroatoms. The zero-order valence-electron chi connectivity index (χ0n) is 12.2. The van der Waals surface area contributed by atoms with Crippen LogP contribution in [-0.4, -0.2) is 25.3 Å². The van der Waals surface area contributed by atoms with Crippen LogP contribution in [0.3, 0.4) is 0 Å². The molecule has 0 atom stereocenters. The molecule has 2 rings (SSSR count). The molecule has 0 spiro atoms. The van der Waals surface area contributed by atoms with E-state index in [4.69, 9.17) is 14.6 Å². The largest absolute Gasteiger partial charge is 0.493 e. The minimum absolute atomic E-state index is 0.384. The van der Waals surface area contributed by atoms with Crippen molar-refractivity contribution in [2.45, 2.75) is 0 Å². The van der Waals surface area contributed by atoms with Crippen molar-refractivity contribution >= 4 is 11.5 Å². The second-order valence-electron chi connectivity index (χ2n) is 4.47. The first-order chi connectivity index (χ1) is 10.5. The topological polar surface area (TPSA) is 55.8 Å². The van der Waals surface area contributed by atoms with Gasteiger partial charge in [-0.2, -0.15) is 0 Å². The highest BCUT2D eigenvalue weighted by Crippen LogP contribution is 2.32. The first-order valence-corrected chi connectivity index (χ1v) is 6.48. The Labute approximate surface area is 127 Å². The van der Waals surface area contributed by atoms with Crippen LogP contribution in [0.4, 0.5) is 4.39 Å². The highest BCUT2D eigenvalue weighted by atomic mass is 19.1. The van der Waals surface area contributed by atoms with Gasteiger partial charge in [0.15, 0.2) is 11.5 Å². The number of benzene rings is 2. The van der Waals surface area contributed by atoms with Gasteiger partial charge >= 0.3 is 5.97 Å². The Morgan fingerprint density at radius 3 is 2.14 bits per heavy atom. The van der Waals surface area contributed by atoms with Crippen LogP contribution >= 0.6 is 0 Å². The number of methoxy groups -OCH3 is 2. The number of aliphatic carboxylic acids is 1. The van der Waals surface area contributed by atoms with Crippen molar-refractivity contribution in [3.63, 3.8) is 0 Å². The van der Waals surface area contributed by atoms with Crippen LogP contribution in [0.1, 0.15) is 11.1 Å². The molecule has 114 valence electrons. The zero-order valence-corrected chi connectivity index (χ0v) is 12.2. The molecule has 4 nitrogen and oxygen atoms in total. The Hall–Kier alpha value is -2.82. The molecular weight excluding hydrogens is 287 g/mol. The fourth-order valence-corrected chi connectivity index (χ4v) is 2.09. The Kier molecular flexibility index (Phi) is 4.78. The standard InChI is InChI=1S/C17H15FO4/c1-21-15-8-5-12(9-16(15)22-2)14(10-17(19)20)11-3-6-13(18)7-4-11/h3-10H,1-2H3,(H,19,20). The third-order valence-electron chi connectivity index (χ3n) is 3.12. The van der Waals surface area contributed by atoms with E-state index in [0.717, 1.165) is 6.08 Å².